The third kappa shape index (κ3) is 6.68. The first kappa shape index (κ1) is 14.5. The minimum atomic E-state index is 0.605. The molecule has 0 atom stereocenters. The van der Waals surface area contributed by atoms with E-state index >= 15 is 0 Å². The maximum atomic E-state index is 5.44. The Kier molecular flexibility index (Phi) is 7.28. The average molecular weight is 257 g/mol. The van der Waals surface area contributed by atoms with Crippen LogP contribution in [0.15, 0.2) is 4.52 Å². The van der Waals surface area contributed by atoms with Gasteiger partial charge in [0.1, 0.15) is 0 Å². The zero-order valence-electron chi connectivity index (χ0n) is 10.8. The van der Waals surface area contributed by atoms with Crippen LogP contribution < -0.4 is 5.73 Å². The number of thioether (sulfide) groups is 1. The Bertz CT molecular complexity index is 302. The Hall–Kier alpha value is -0.550. The van der Waals surface area contributed by atoms with Gasteiger partial charge in [0.25, 0.3) is 0 Å². The van der Waals surface area contributed by atoms with Gasteiger partial charge in [-0.05, 0) is 24.6 Å². The van der Waals surface area contributed by atoms with E-state index in [0.717, 1.165) is 43.3 Å². The molecule has 1 aromatic heterocycles. The van der Waals surface area contributed by atoms with E-state index in [9.17, 15) is 0 Å². The number of aryl methyl sites for hydroxylation is 1. The molecule has 5 heteroatoms. The van der Waals surface area contributed by atoms with Crippen molar-refractivity contribution in [1.29, 1.82) is 0 Å². The van der Waals surface area contributed by atoms with Gasteiger partial charge in [-0.1, -0.05) is 31.8 Å². The van der Waals surface area contributed by atoms with Gasteiger partial charge < -0.3 is 10.3 Å². The van der Waals surface area contributed by atoms with Gasteiger partial charge in [-0.2, -0.15) is 16.7 Å². The molecular formula is C12H23N3OS. The van der Waals surface area contributed by atoms with Crippen LogP contribution in [0, 0.1) is 0 Å². The average Bonchev–Trinajstić information content (AvgIpc) is 2.74. The molecule has 0 amide bonds. The van der Waals surface area contributed by atoms with Gasteiger partial charge in [-0.3, -0.25) is 0 Å². The summed E-state index contributed by atoms with van der Waals surface area (Å²) < 4.78 is 5.20. The topological polar surface area (TPSA) is 64.9 Å². The molecule has 1 heterocycles. The SMILES string of the molecule is CC(C)SCc1noc(CCCCCCN)n1. The van der Waals surface area contributed by atoms with Gasteiger partial charge in [0.15, 0.2) is 5.82 Å². The van der Waals surface area contributed by atoms with Gasteiger partial charge >= 0.3 is 0 Å². The molecule has 0 saturated heterocycles. The highest BCUT2D eigenvalue weighted by molar-refractivity contribution is 7.99. The minimum absolute atomic E-state index is 0.605. The molecule has 0 aliphatic carbocycles. The van der Waals surface area contributed by atoms with Gasteiger partial charge in [0, 0.05) is 6.42 Å². The standard InChI is InChI=1S/C12H23N3OS/c1-10(2)17-9-11-14-12(16-15-11)7-5-3-4-6-8-13/h10H,3-9,13H2,1-2H3. The number of rotatable bonds is 9. The predicted molar refractivity (Wildman–Crippen MR) is 72.0 cm³/mol. The Morgan fingerprint density at radius 1 is 1.24 bits per heavy atom. The van der Waals surface area contributed by atoms with Crippen molar-refractivity contribution >= 4 is 11.8 Å². The van der Waals surface area contributed by atoms with Gasteiger partial charge in [-0.15, -0.1) is 0 Å². The lowest BCUT2D eigenvalue weighted by Crippen LogP contribution is -1.97. The summed E-state index contributed by atoms with van der Waals surface area (Å²) in [5, 5.41) is 4.58. The van der Waals surface area contributed by atoms with Crippen LogP contribution in [-0.4, -0.2) is 21.9 Å². The molecule has 0 radical (unpaired) electrons. The third-order valence-electron chi connectivity index (χ3n) is 2.40. The molecule has 2 N–H and O–H groups in total. The molecule has 1 rings (SSSR count). The molecule has 0 saturated carbocycles. The molecule has 1 aromatic rings. The van der Waals surface area contributed by atoms with Crippen LogP contribution in [0.25, 0.3) is 0 Å². The number of unbranched alkanes of at least 4 members (excludes halogenated alkanes) is 3. The summed E-state index contributed by atoms with van der Waals surface area (Å²) in [6, 6.07) is 0. The summed E-state index contributed by atoms with van der Waals surface area (Å²) in [6.45, 7) is 5.13. The predicted octanol–water partition coefficient (Wildman–Crippen LogP) is 2.77. The van der Waals surface area contributed by atoms with E-state index in [1.165, 1.54) is 12.8 Å². The second-order valence-electron chi connectivity index (χ2n) is 4.42. The maximum absolute atomic E-state index is 5.44. The van der Waals surface area contributed by atoms with Crippen LogP contribution in [-0.2, 0) is 12.2 Å². The Morgan fingerprint density at radius 3 is 2.71 bits per heavy atom. The monoisotopic (exact) mass is 257 g/mol. The molecule has 0 bridgehead atoms. The number of nitrogens with two attached hydrogens (primary N) is 1. The van der Waals surface area contributed by atoms with Crippen molar-refractivity contribution in [2.45, 2.75) is 57.0 Å². The molecule has 0 fully saturated rings. The van der Waals surface area contributed by atoms with Crippen molar-refractivity contribution in [1.82, 2.24) is 10.1 Å². The fourth-order valence-corrected chi connectivity index (χ4v) is 2.07. The lowest BCUT2D eigenvalue weighted by atomic mass is 10.1. The van der Waals surface area contributed by atoms with Crippen LogP contribution >= 0.6 is 11.8 Å². The van der Waals surface area contributed by atoms with Crippen LogP contribution in [0.5, 0.6) is 0 Å². The van der Waals surface area contributed by atoms with Crippen molar-refractivity contribution in [2.75, 3.05) is 6.54 Å². The molecule has 98 valence electrons. The first-order valence-corrected chi connectivity index (χ1v) is 7.40. The number of hydrogen-bond acceptors (Lipinski definition) is 5. The van der Waals surface area contributed by atoms with Crippen molar-refractivity contribution in [3.05, 3.63) is 11.7 Å². The summed E-state index contributed by atoms with van der Waals surface area (Å²) in [5.41, 5.74) is 5.44. The fourth-order valence-electron chi connectivity index (χ4n) is 1.47. The number of nitrogens with zero attached hydrogens (tertiary/aromatic N) is 2. The normalized spacial score (nSPS) is 11.3. The van der Waals surface area contributed by atoms with Gasteiger partial charge in [0.2, 0.25) is 5.89 Å². The second kappa shape index (κ2) is 8.53. The van der Waals surface area contributed by atoms with Crippen LogP contribution in [0.3, 0.4) is 0 Å². The molecule has 0 aromatic carbocycles. The smallest absolute Gasteiger partial charge is 0.226 e. The van der Waals surface area contributed by atoms with Crippen LogP contribution in [0.2, 0.25) is 0 Å². The van der Waals surface area contributed by atoms with E-state index in [4.69, 9.17) is 10.3 Å². The van der Waals surface area contributed by atoms with E-state index in [1.807, 2.05) is 11.8 Å². The van der Waals surface area contributed by atoms with E-state index in [0.29, 0.717) is 5.25 Å². The van der Waals surface area contributed by atoms with E-state index < -0.39 is 0 Å². The zero-order valence-corrected chi connectivity index (χ0v) is 11.6. The summed E-state index contributed by atoms with van der Waals surface area (Å²) in [4.78, 5) is 4.38. The lowest BCUT2D eigenvalue weighted by molar-refractivity contribution is 0.370. The summed E-state index contributed by atoms with van der Waals surface area (Å²) in [6.07, 6.45) is 5.50. The minimum Gasteiger partial charge on any atom is -0.339 e. The summed E-state index contributed by atoms with van der Waals surface area (Å²) >= 11 is 1.83. The first-order valence-electron chi connectivity index (χ1n) is 6.35. The number of hydrogen-bond donors (Lipinski definition) is 1. The van der Waals surface area contributed by atoms with Crippen molar-refractivity contribution < 1.29 is 4.52 Å². The Balaban J connectivity index is 2.17. The molecule has 17 heavy (non-hydrogen) atoms. The summed E-state index contributed by atoms with van der Waals surface area (Å²) in [7, 11) is 0. The highest BCUT2D eigenvalue weighted by atomic mass is 32.2. The molecular weight excluding hydrogens is 234 g/mol. The molecule has 0 spiro atoms. The molecule has 0 aliphatic heterocycles. The quantitative estimate of drug-likeness (QED) is 0.689. The van der Waals surface area contributed by atoms with E-state index in [1.54, 1.807) is 0 Å². The van der Waals surface area contributed by atoms with E-state index in [-0.39, 0.29) is 0 Å². The molecule has 0 unspecified atom stereocenters. The first-order chi connectivity index (χ1) is 8.22. The molecule has 4 nitrogen and oxygen atoms in total. The maximum Gasteiger partial charge on any atom is 0.226 e. The Morgan fingerprint density at radius 2 is 2.00 bits per heavy atom. The zero-order chi connectivity index (χ0) is 12.5. The van der Waals surface area contributed by atoms with Crippen LogP contribution in [0.4, 0.5) is 0 Å². The molecule has 0 aliphatic rings. The van der Waals surface area contributed by atoms with Gasteiger partial charge in [-0.25, -0.2) is 0 Å². The summed E-state index contributed by atoms with van der Waals surface area (Å²) in [5.74, 6) is 2.44. The van der Waals surface area contributed by atoms with Crippen molar-refractivity contribution in [3.8, 4) is 0 Å². The largest absolute Gasteiger partial charge is 0.339 e. The van der Waals surface area contributed by atoms with Crippen molar-refractivity contribution in [2.24, 2.45) is 5.73 Å². The third-order valence-corrected chi connectivity index (χ3v) is 3.49. The fraction of sp³-hybridized carbons (Fsp3) is 0.833. The highest BCUT2D eigenvalue weighted by Crippen LogP contribution is 2.15. The van der Waals surface area contributed by atoms with Gasteiger partial charge in [0.05, 0.1) is 5.75 Å². The Labute approximate surface area is 108 Å². The van der Waals surface area contributed by atoms with E-state index in [2.05, 4.69) is 24.0 Å². The van der Waals surface area contributed by atoms with Crippen molar-refractivity contribution in [3.63, 3.8) is 0 Å². The number of aromatic nitrogens is 2. The second-order valence-corrected chi connectivity index (χ2v) is 5.98. The lowest BCUT2D eigenvalue weighted by Gasteiger charge is -1.99. The highest BCUT2D eigenvalue weighted by Gasteiger charge is 2.06. The van der Waals surface area contributed by atoms with Crippen LogP contribution in [0.1, 0.15) is 51.2 Å².